The summed E-state index contributed by atoms with van der Waals surface area (Å²) in [5.41, 5.74) is 3.51. The molecular formula is C17H21N5OS. The zero-order chi connectivity index (χ0) is 16.7. The Labute approximate surface area is 144 Å². The monoisotopic (exact) mass is 343 g/mol. The number of rotatable bonds is 4. The molecular weight excluding hydrogens is 322 g/mol. The Morgan fingerprint density at radius 3 is 3.00 bits per heavy atom. The number of nitrogens with one attached hydrogen (secondary N) is 1. The third-order valence-electron chi connectivity index (χ3n) is 4.57. The summed E-state index contributed by atoms with van der Waals surface area (Å²) in [6.07, 6.45) is 3.48. The lowest BCUT2D eigenvalue weighted by Gasteiger charge is -2.12. The second-order valence-corrected chi connectivity index (χ2v) is 7.44. The zero-order valence-electron chi connectivity index (χ0n) is 14.0. The summed E-state index contributed by atoms with van der Waals surface area (Å²) in [5, 5.41) is 8.67. The number of aryl methyl sites for hydroxylation is 4. The normalized spacial score (nSPS) is 14.2. The van der Waals surface area contributed by atoms with Gasteiger partial charge < -0.3 is 5.32 Å². The highest BCUT2D eigenvalue weighted by atomic mass is 32.1. The van der Waals surface area contributed by atoms with Crippen LogP contribution in [0.25, 0.3) is 10.2 Å². The molecule has 0 bridgehead atoms. The van der Waals surface area contributed by atoms with Crippen LogP contribution in [0.2, 0.25) is 0 Å². The highest BCUT2D eigenvalue weighted by Gasteiger charge is 2.19. The van der Waals surface area contributed by atoms with Crippen LogP contribution in [0.15, 0.2) is 17.2 Å². The van der Waals surface area contributed by atoms with Crippen molar-refractivity contribution in [2.45, 2.75) is 46.3 Å². The highest BCUT2D eigenvalue weighted by molar-refractivity contribution is 7.18. The van der Waals surface area contributed by atoms with E-state index >= 15 is 0 Å². The van der Waals surface area contributed by atoms with Gasteiger partial charge in [-0.1, -0.05) is 0 Å². The van der Waals surface area contributed by atoms with Gasteiger partial charge in [-0.05, 0) is 44.9 Å². The van der Waals surface area contributed by atoms with Crippen molar-refractivity contribution < 1.29 is 0 Å². The molecule has 4 rings (SSSR count). The lowest BCUT2D eigenvalue weighted by atomic mass is 10.1. The molecule has 0 aromatic carbocycles. The van der Waals surface area contributed by atoms with Crippen molar-refractivity contribution in [3.63, 3.8) is 0 Å². The molecule has 1 N–H and O–H groups in total. The summed E-state index contributed by atoms with van der Waals surface area (Å²) in [7, 11) is 0. The van der Waals surface area contributed by atoms with Crippen LogP contribution in [0.4, 0.5) is 0 Å². The largest absolute Gasteiger partial charge is 0.312 e. The van der Waals surface area contributed by atoms with E-state index in [1.807, 2.05) is 11.6 Å². The first-order valence-corrected chi connectivity index (χ1v) is 9.16. The van der Waals surface area contributed by atoms with Crippen molar-refractivity contribution in [2.75, 3.05) is 6.54 Å². The molecule has 0 spiro atoms. The van der Waals surface area contributed by atoms with Crippen molar-refractivity contribution >= 4 is 21.6 Å². The fourth-order valence-electron chi connectivity index (χ4n) is 3.40. The maximum absolute atomic E-state index is 12.9. The Hall–Kier alpha value is -1.99. The molecule has 0 amide bonds. The van der Waals surface area contributed by atoms with E-state index in [1.54, 1.807) is 22.2 Å². The van der Waals surface area contributed by atoms with E-state index in [0.29, 0.717) is 6.54 Å². The van der Waals surface area contributed by atoms with E-state index in [4.69, 9.17) is 0 Å². The van der Waals surface area contributed by atoms with Crippen molar-refractivity contribution in [1.29, 1.82) is 0 Å². The SMILES string of the molecule is Cc1cc(C)n(CCCn2cnc3sc4c(c3c2=O)CCNC4)n1. The minimum atomic E-state index is 0.104. The molecule has 3 aromatic heterocycles. The second-order valence-electron chi connectivity index (χ2n) is 6.36. The maximum Gasteiger partial charge on any atom is 0.262 e. The summed E-state index contributed by atoms with van der Waals surface area (Å²) in [5.74, 6) is 0. The van der Waals surface area contributed by atoms with Gasteiger partial charge in [0.25, 0.3) is 5.56 Å². The van der Waals surface area contributed by atoms with Gasteiger partial charge in [0, 0.05) is 30.2 Å². The zero-order valence-corrected chi connectivity index (χ0v) is 14.8. The van der Waals surface area contributed by atoms with Gasteiger partial charge in [0.15, 0.2) is 0 Å². The molecule has 0 saturated carbocycles. The van der Waals surface area contributed by atoms with E-state index in [9.17, 15) is 4.79 Å². The molecule has 1 aliphatic heterocycles. The minimum absolute atomic E-state index is 0.104. The van der Waals surface area contributed by atoms with E-state index in [-0.39, 0.29) is 5.56 Å². The van der Waals surface area contributed by atoms with Gasteiger partial charge in [0.1, 0.15) is 4.83 Å². The van der Waals surface area contributed by atoms with Crippen molar-refractivity contribution in [3.05, 3.63) is 44.6 Å². The lowest BCUT2D eigenvalue weighted by Crippen LogP contribution is -2.25. The topological polar surface area (TPSA) is 64.7 Å². The first-order valence-electron chi connectivity index (χ1n) is 8.35. The molecule has 0 atom stereocenters. The summed E-state index contributed by atoms with van der Waals surface area (Å²) >= 11 is 1.65. The standard InChI is InChI=1S/C17H21N5OS/c1-11-8-12(2)22(20-11)7-3-6-21-10-19-16-15(17(21)23)13-4-5-18-9-14(13)24-16/h8,10,18H,3-7,9H2,1-2H3. The average molecular weight is 343 g/mol. The molecule has 0 aliphatic carbocycles. The van der Waals surface area contributed by atoms with Gasteiger partial charge in [-0.15, -0.1) is 11.3 Å². The Kier molecular flexibility index (Phi) is 3.97. The minimum Gasteiger partial charge on any atom is -0.312 e. The third-order valence-corrected chi connectivity index (χ3v) is 5.71. The van der Waals surface area contributed by atoms with Gasteiger partial charge >= 0.3 is 0 Å². The quantitative estimate of drug-likeness (QED) is 0.787. The van der Waals surface area contributed by atoms with Crippen LogP contribution in [-0.2, 0) is 26.1 Å². The van der Waals surface area contributed by atoms with Gasteiger partial charge in [0.2, 0.25) is 0 Å². The number of nitrogens with zero attached hydrogens (tertiary/aromatic N) is 4. The number of hydrogen-bond donors (Lipinski definition) is 1. The maximum atomic E-state index is 12.9. The highest BCUT2D eigenvalue weighted by Crippen LogP contribution is 2.29. The number of hydrogen-bond acceptors (Lipinski definition) is 5. The summed E-state index contributed by atoms with van der Waals surface area (Å²) in [6, 6.07) is 2.07. The molecule has 24 heavy (non-hydrogen) atoms. The Bertz CT molecular complexity index is 952. The Morgan fingerprint density at radius 1 is 1.33 bits per heavy atom. The molecule has 0 saturated heterocycles. The first kappa shape index (κ1) is 15.5. The van der Waals surface area contributed by atoms with Crippen LogP contribution in [-0.4, -0.2) is 25.9 Å². The van der Waals surface area contributed by atoms with E-state index < -0.39 is 0 Å². The van der Waals surface area contributed by atoms with Crippen molar-refractivity contribution in [3.8, 4) is 0 Å². The van der Waals surface area contributed by atoms with Gasteiger partial charge in [-0.25, -0.2) is 4.98 Å². The van der Waals surface area contributed by atoms with Gasteiger partial charge in [-0.2, -0.15) is 5.10 Å². The third kappa shape index (κ3) is 2.67. The molecule has 4 heterocycles. The number of thiophene rings is 1. The fourth-order valence-corrected chi connectivity index (χ4v) is 4.55. The fraction of sp³-hybridized carbons (Fsp3) is 0.471. The van der Waals surface area contributed by atoms with E-state index in [2.05, 4.69) is 28.4 Å². The summed E-state index contributed by atoms with van der Waals surface area (Å²) in [6.45, 7) is 7.34. The predicted octanol–water partition coefficient (Wildman–Crippen LogP) is 2.01. The molecule has 126 valence electrons. The van der Waals surface area contributed by atoms with Crippen LogP contribution < -0.4 is 10.9 Å². The molecule has 6 nitrogen and oxygen atoms in total. The van der Waals surface area contributed by atoms with Gasteiger partial charge in [0.05, 0.1) is 17.4 Å². The van der Waals surface area contributed by atoms with E-state index in [0.717, 1.165) is 54.1 Å². The number of fused-ring (bicyclic) bond motifs is 3. The molecule has 7 heteroatoms. The lowest BCUT2D eigenvalue weighted by molar-refractivity contribution is 0.508. The summed E-state index contributed by atoms with van der Waals surface area (Å²) < 4.78 is 3.76. The van der Waals surface area contributed by atoms with Crippen molar-refractivity contribution in [2.24, 2.45) is 0 Å². The average Bonchev–Trinajstić information content (AvgIpc) is 3.09. The molecule has 3 aromatic rings. The molecule has 0 radical (unpaired) electrons. The predicted molar refractivity (Wildman–Crippen MR) is 95.6 cm³/mol. The Balaban J connectivity index is 1.57. The van der Waals surface area contributed by atoms with E-state index in [1.165, 1.54) is 10.4 Å². The van der Waals surface area contributed by atoms with Crippen LogP contribution in [0.5, 0.6) is 0 Å². The van der Waals surface area contributed by atoms with Crippen LogP contribution >= 0.6 is 11.3 Å². The molecule has 1 aliphatic rings. The van der Waals surface area contributed by atoms with Crippen LogP contribution in [0.3, 0.4) is 0 Å². The van der Waals surface area contributed by atoms with Crippen molar-refractivity contribution in [1.82, 2.24) is 24.6 Å². The smallest absolute Gasteiger partial charge is 0.262 e. The molecule has 0 unspecified atom stereocenters. The molecule has 0 fully saturated rings. The summed E-state index contributed by atoms with van der Waals surface area (Å²) in [4.78, 5) is 19.5. The number of aromatic nitrogens is 4. The first-order chi connectivity index (χ1) is 11.6. The van der Waals surface area contributed by atoms with Gasteiger partial charge in [-0.3, -0.25) is 14.0 Å². The Morgan fingerprint density at radius 2 is 2.21 bits per heavy atom. The van der Waals surface area contributed by atoms with Crippen LogP contribution in [0.1, 0.15) is 28.2 Å². The van der Waals surface area contributed by atoms with Crippen LogP contribution in [0, 0.1) is 13.8 Å². The second kappa shape index (κ2) is 6.14.